The van der Waals surface area contributed by atoms with Crippen molar-refractivity contribution >= 4 is 33.2 Å². The van der Waals surface area contributed by atoms with Crippen LogP contribution in [0.2, 0.25) is 5.02 Å². The first kappa shape index (κ1) is 18.8. The number of carbonyl (C=O) groups excluding carboxylic acids is 1. The highest BCUT2D eigenvalue weighted by Gasteiger charge is 2.16. The van der Waals surface area contributed by atoms with Crippen LogP contribution in [0.3, 0.4) is 0 Å². The maximum atomic E-state index is 12.4. The first-order chi connectivity index (χ1) is 11.9. The molecule has 0 spiro atoms. The average molecular weight is 381 g/mol. The lowest BCUT2D eigenvalue weighted by atomic mass is 10.2. The van der Waals surface area contributed by atoms with Crippen LogP contribution < -0.4 is 14.8 Å². The van der Waals surface area contributed by atoms with Crippen molar-refractivity contribution in [3.05, 3.63) is 65.7 Å². The lowest BCUT2D eigenvalue weighted by Crippen LogP contribution is -2.23. The second kappa shape index (κ2) is 8.04. The van der Waals surface area contributed by atoms with Gasteiger partial charge in [-0.2, -0.15) is 0 Å². The van der Waals surface area contributed by atoms with E-state index < -0.39 is 10.0 Å². The number of anilines is 1. The largest absolute Gasteiger partial charge is 0.495 e. The molecule has 8 heteroatoms. The third-order valence-electron chi connectivity index (χ3n) is 3.24. The highest BCUT2D eigenvalue weighted by Crippen LogP contribution is 2.28. The van der Waals surface area contributed by atoms with Crippen LogP contribution in [0.25, 0.3) is 0 Å². The van der Waals surface area contributed by atoms with Gasteiger partial charge >= 0.3 is 0 Å². The van der Waals surface area contributed by atoms with Crippen LogP contribution in [0.1, 0.15) is 10.4 Å². The number of methoxy groups -OCH3 is 1. The summed E-state index contributed by atoms with van der Waals surface area (Å²) in [5.74, 6) is 0.137. The third kappa shape index (κ3) is 4.74. The Morgan fingerprint density at radius 1 is 1.24 bits per heavy atom. The molecule has 2 aromatic rings. The van der Waals surface area contributed by atoms with Gasteiger partial charge in [0.25, 0.3) is 15.9 Å². The summed E-state index contributed by atoms with van der Waals surface area (Å²) < 4.78 is 32.3. The summed E-state index contributed by atoms with van der Waals surface area (Å²) in [5.41, 5.74) is 0.659. The Balaban J connectivity index is 2.18. The minimum Gasteiger partial charge on any atom is -0.495 e. The molecule has 0 saturated carbocycles. The minimum atomic E-state index is -3.81. The van der Waals surface area contributed by atoms with Gasteiger partial charge in [0, 0.05) is 12.1 Å². The van der Waals surface area contributed by atoms with E-state index in [1.807, 2.05) is 0 Å². The fourth-order valence-corrected chi connectivity index (χ4v) is 3.30. The zero-order valence-electron chi connectivity index (χ0n) is 13.5. The Hall–Kier alpha value is -2.51. The first-order valence-corrected chi connectivity index (χ1v) is 9.09. The van der Waals surface area contributed by atoms with E-state index in [4.69, 9.17) is 16.3 Å². The monoisotopic (exact) mass is 380 g/mol. The highest BCUT2D eigenvalue weighted by molar-refractivity contribution is 7.92. The second-order valence-corrected chi connectivity index (χ2v) is 7.07. The Morgan fingerprint density at radius 2 is 1.92 bits per heavy atom. The van der Waals surface area contributed by atoms with E-state index in [2.05, 4.69) is 16.6 Å². The van der Waals surface area contributed by atoms with E-state index in [0.717, 1.165) is 0 Å². The van der Waals surface area contributed by atoms with Crippen molar-refractivity contribution in [2.75, 3.05) is 18.4 Å². The number of hydrogen-bond acceptors (Lipinski definition) is 4. The molecule has 0 aliphatic carbocycles. The molecule has 0 fully saturated rings. The second-order valence-electron chi connectivity index (χ2n) is 4.98. The number of sulfonamides is 1. The molecule has 0 aliphatic heterocycles. The highest BCUT2D eigenvalue weighted by atomic mass is 35.5. The Bertz CT molecular complexity index is 880. The van der Waals surface area contributed by atoms with Gasteiger partial charge in [-0.15, -0.1) is 6.58 Å². The molecule has 0 radical (unpaired) electrons. The maximum Gasteiger partial charge on any atom is 0.261 e. The molecule has 2 rings (SSSR count). The lowest BCUT2D eigenvalue weighted by Gasteiger charge is -2.10. The minimum absolute atomic E-state index is 0.0275. The number of rotatable bonds is 7. The van der Waals surface area contributed by atoms with E-state index >= 15 is 0 Å². The molecule has 1 amide bonds. The molecule has 2 N–H and O–H groups in total. The van der Waals surface area contributed by atoms with Crippen molar-refractivity contribution in [1.29, 1.82) is 0 Å². The van der Waals surface area contributed by atoms with Gasteiger partial charge in [0.2, 0.25) is 0 Å². The Morgan fingerprint density at radius 3 is 2.48 bits per heavy atom. The standard InChI is InChI=1S/C17H17ClN2O4S/c1-3-10-19-17(21)12-4-7-14(8-5-12)25(22,23)20-13-6-9-16(24-2)15(18)11-13/h3-9,11,20H,1,10H2,2H3,(H,19,21). The van der Waals surface area contributed by atoms with E-state index in [1.54, 1.807) is 18.2 Å². The fraction of sp³-hybridized carbons (Fsp3) is 0.118. The maximum absolute atomic E-state index is 12.4. The number of ether oxygens (including phenoxy) is 1. The molecule has 2 aromatic carbocycles. The van der Waals surface area contributed by atoms with Crippen LogP contribution in [-0.2, 0) is 10.0 Å². The molecular formula is C17H17ClN2O4S. The van der Waals surface area contributed by atoms with Crippen LogP contribution in [0.5, 0.6) is 5.75 Å². The van der Waals surface area contributed by atoms with Gasteiger partial charge in [-0.1, -0.05) is 17.7 Å². The molecular weight excluding hydrogens is 364 g/mol. The third-order valence-corrected chi connectivity index (χ3v) is 4.93. The van der Waals surface area contributed by atoms with Gasteiger partial charge in [0.15, 0.2) is 0 Å². The zero-order chi connectivity index (χ0) is 18.4. The van der Waals surface area contributed by atoms with Crippen molar-refractivity contribution in [3.63, 3.8) is 0 Å². The molecule has 25 heavy (non-hydrogen) atoms. The quantitative estimate of drug-likeness (QED) is 0.723. The van der Waals surface area contributed by atoms with Gasteiger partial charge in [-0.3, -0.25) is 9.52 Å². The van der Waals surface area contributed by atoms with Crippen molar-refractivity contribution in [2.24, 2.45) is 0 Å². The molecule has 0 heterocycles. The predicted octanol–water partition coefficient (Wildman–Crippen LogP) is 3.07. The SMILES string of the molecule is C=CCNC(=O)c1ccc(S(=O)(=O)Nc2ccc(OC)c(Cl)c2)cc1. The molecule has 0 bridgehead atoms. The van der Waals surface area contributed by atoms with Crippen LogP contribution in [0.15, 0.2) is 60.0 Å². The Kier molecular flexibility index (Phi) is 6.06. The summed E-state index contributed by atoms with van der Waals surface area (Å²) in [6.07, 6.45) is 1.56. The summed E-state index contributed by atoms with van der Waals surface area (Å²) >= 11 is 5.99. The van der Waals surface area contributed by atoms with Gasteiger partial charge in [0.1, 0.15) is 5.75 Å². The molecule has 132 valence electrons. The number of amides is 1. The van der Waals surface area contributed by atoms with Crippen LogP contribution in [-0.4, -0.2) is 28.0 Å². The summed E-state index contributed by atoms with van der Waals surface area (Å²) in [5, 5.41) is 2.90. The van der Waals surface area contributed by atoms with Gasteiger partial charge in [-0.05, 0) is 42.5 Å². The van der Waals surface area contributed by atoms with Crippen molar-refractivity contribution in [3.8, 4) is 5.75 Å². The number of carbonyl (C=O) groups is 1. The lowest BCUT2D eigenvalue weighted by molar-refractivity contribution is 0.0958. The van der Waals surface area contributed by atoms with Crippen molar-refractivity contribution in [1.82, 2.24) is 5.32 Å². The molecule has 0 atom stereocenters. The summed E-state index contributed by atoms with van der Waals surface area (Å²) in [7, 11) is -2.34. The molecule has 0 saturated heterocycles. The summed E-state index contributed by atoms with van der Waals surface area (Å²) in [4.78, 5) is 11.8. The average Bonchev–Trinajstić information content (AvgIpc) is 2.59. The molecule has 0 unspecified atom stereocenters. The van der Waals surface area contributed by atoms with Crippen molar-refractivity contribution < 1.29 is 17.9 Å². The topological polar surface area (TPSA) is 84.5 Å². The zero-order valence-corrected chi connectivity index (χ0v) is 15.0. The molecule has 0 aliphatic rings. The van der Waals surface area contributed by atoms with E-state index in [9.17, 15) is 13.2 Å². The van der Waals surface area contributed by atoms with E-state index in [1.165, 1.54) is 37.4 Å². The van der Waals surface area contributed by atoms with E-state index in [0.29, 0.717) is 23.5 Å². The van der Waals surface area contributed by atoms with Crippen LogP contribution in [0.4, 0.5) is 5.69 Å². The summed E-state index contributed by atoms with van der Waals surface area (Å²) in [6, 6.07) is 10.1. The smallest absolute Gasteiger partial charge is 0.261 e. The van der Waals surface area contributed by atoms with Gasteiger partial charge < -0.3 is 10.1 Å². The van der Waals surface area contributed by atoms with Crippen LogP contribution in [0, 0.1) is 0 Å². The Labute approximate surface area is 151 Å². The van der Waals surface area contributed by atoms with E-state index in [-0.39, 0.29) is 15.8 Å². The number of halogens is 1. The first-order valence-electron chi connectivity index (χ1n) is 7.23. The van der Waals surface area contributed by atoms with Crippen LogP contribution >= 0.6 is 11.6 Å². The fourth-order valence-electron chi connectivity index (χ4n) is 2.00. The normalized spacial score (nSPS) is 10.8. The number of benzene rings is 2. The molecule has 6 nitrogen and oxygen atoms in total. The van der Waals surface area contributed by atoms with Gasteiger partial charge in [0.05, 0.1) is 22.7 Å². The molecule has 0 aromatic heterocycles. The number of hydrogen-bond donors (Lipinski definition) is 2. The predicted molar refractivity (Wildman–Crippen MR) is 97.8 cm³/mol. The van der Waals surface area contributed by atoms with Crippen molar-refractivity contribution in [2.45, 2.75) is 4.90 Å². The number of nitrogens with one attached hydrogen (secondary N) is 2. The van der Waals surface area contributed by atoms with Gasteiger partial charge in [-0.25, -0.2) is 8.42 Å². The summed E-state index contributed by atoms with van der Waals surface area (Å²) in [6.45, 7) is 3.84.